The van der Waals surface area contributed by atoms with Gasteiger partial charge in [-0.2, -0.15) is 0 Å². The van der Waals surface area contributed by atoms with E-state index in [1.54, 1.807) is 0 Å². The minimum atomic E-state index is 0.202. The Morgan fingerprint density at radius 2 is 1.71 bits per heavy atom. The Morgan fingerprint density at radius 3 is 2.29 bits per heavy atom. The van der Waals surface area contributed by atoms with Gasteiger partial charge in [0.05, 0.1) is 0 Å². The van der Waals surface area contributed by atoms with Crippen molar-refractivity contribution in [2.75, 3.05) is 13.1 Å². The maximum absolute atomic E-state index is 12.3. The van der Waals surface area contributed by atoms with E-state index >= 15 is 0 Å². The summed E-state index contributed by atoms with van der Waals surface area (Å²) in [6, 6.07) is 10.8. The SMILES string of the molecule is C[C@H]([NH2+]CC(=O)NCC12CC3CC(CC(C3)C1)C2)c1ccccc1. The van der Waals surface area contributed by atoms with E-state index in [9.17, 15) is 4.79 Å². The highest BCUT2D eigenvalue weighted by Crippen LogP contribution is 2.59. The Labute approximate surface area is 145 Å². The van der Waals surface area contributed by atoms with Crippen LogP contribution in [0.2, 0.25) is 0 Å². The number of nitrogens with two attached hydrogens (primary N) is 1. The van der Waals surface area contributed by atoms with E-state index in [-0.39, 0.29) is 5.91 Å². The predicted octanol–water partition coefficient (Wildman–Crippen LogP) is 2.64. The molecule has 1 amide bonds. The van der Waals surface area contributed by atoms with Crippen LogP contribution in [-0.4, -0.2) is 19.0 Å². The summed E-state index contributed by atoms with van der Waals surface area (Å²) < 4.78 is 0. The zero-order valence-electron chi connectivity index (χ0n) is 14.8. The monoisotopic (exact) mass is 327 g/mol. The second kappa shape index (κ2) is 6.51. The molecule has 4 aliphatic rings. The van der Waals surface area contributed by atoms with E-state index < -0.39 is 0 Å². The van der Waals surface area contributed by atoms with Crippen LogP contribution in [0.3, 0.4) is 0 Å². The maximum atomic E-state index is 12.3. The van der Waals surface area contributed by atoms with Crippen molar-refractivity contribution in [2.45, 2.75) is 51.5 Å². The molecule has 130 valence electrons. The molecule has 0 aliphatic heterocycles. The first kappa shape index (κ1) is 16.1. The molecule has 5 rings (SSSR count). The molecular formula is C21H31N2O+. The van der Waals surface area contributed by atoms with Gasteiger partial charge in [0.2, 0.25) is 0 Å². The van der Waals surface area contributed by atoms with Crippen LogP contribution in [0, 0.1) is 23.2 Å². The number of carbonyl (C=O) groups is 1. The number of nitrogens with one attached hydrogen (secondary N) is 1. The quantitative estimate of drug-likeness (QED) is 0.829. The van der Waals surface area contributed by atoms with Crippen molar-refractivity contribution in [3.8, 4) is 0 Å². The lowest BCUT2D eigenvalue weighted by Crippen LogP contribution is -2.87. The van der Waals surface area contributed by atoms with Crippen LogP contribution in [0.15, 0.2) is 30.3 Å². The van der Waals surface area contributed by atoms with Crippen LogP contribution in [0.4, 0.5) is 0 Å². The molecule has 1 aromatic rings. The summed E-state index contributed by atoms with van der Waals surface area (Å²) in [4.78, 5) is 12.3. The molecule has 0 spiro atoms. The smallest absolute Gasteiger partial charge is 0.275 e. The van der Waals surface area contributed by atoms with Crippen molar-refractivity contribution >= 4 is 5.91 Å². The third-order valence-electron chi connectivity index (χ3n) is 6.81. The molecule has 0 unspecified atom stereocenters. The van der Waals surface area contributed by atoms with Gasteiger partial charge >= 0.3 is 0 Å². The van der Waals surface area contributed by atoms with Crippen molar-refractivity contribution in [1.29, 1.82) is 0 Å². The predicted molar refractivity (Wildman–Crippen MR) is 95.3 cm³/mol. The van der Waals surface area contributed by atoms with Gasteiger partial charge in [-0.25, -0.2) is 0 Å². The highest BCUT2D eigenvalue weighted by Gasteiger charge is 2.50. The van der Waals surface area contributed by atoms with Gasteiger partial charge in [-0.05, 0) is 68.6 Å². The van der Waals surface area contributed by atoms with Gasteiger partial charge < -0.3 is 10.6 Å². The lowest BCUT2D eigenvalue weighted by molar-refractivity contribution is -0.682. The largest absolute Gasteiger partial charge is 0.351 e. The van der Waals surface area contributed by atoms with E-state index in [1.807, 2.05) is 6.07 Å². The van der Waals surface area contributed by atoms with Crippen molar-refractivity contribution in [3.05, 3.63) is 35.9 Å². The zero-order valence-corrected chi connectivity index (χ0v) is 14.8. The van der Waals surface area contributed by atoms with Crippen molar-refractivity contribution < 1.29 is 10.1 Å². The van der Waals surface area contributed by atoms with Gasteiger partial charge in [-0.15, -0.1) is 0 Å². The molecule has 24 heavy (non-hydrogen) atoms. The van der Waals surface area contributed by atoms with Crippen LogP contribution in [0.1, 0.15) is 57.1 Å². The van der Waals surface area contributed by atoms with Gasteiger partial charge in [-0.3, -0.25) is 4.79 Å². The van der Waals surface area contributed by atoms with Crippen LogP contribution in [-0.2, 0) is 4.79 Å². The molecule has 4 fully saturated rings. The first-order valence-electron chi connectivity index (χ1n) is 9.77. The number of amides is 1. The van der Waals surface area contributed by atoms with Crippen LogP contribution in [0.25, 0.3) is 0 Å². The molecular weight excluding hydrogens is 296 g/mol. The number of rotatable bonds is 6. The van der Waals surface area contributed by atoms with Gasteiger partial charge in [0.15, 0.2) is 6.54 Å². The topological polar surface area (TPSA) is 45.7 Å². The highest BCUT2D eigenvalue weighted by atomic mass is 16.1. The average Bonchev–Trinajstić information content (AvgIpc) is 2.57. The average molecular weight is 327 g/mol. The normalized spacial score (nSPS) is 35.0. The van der Waals surface area contributed by atoms with Crippen molar-refractivity contribution in [2.24, 2.45) is 23.2 Å². The number of carbonyl (C=O) groups excluding carboxylic acids is 1. The molecule has 0 radical (unpaired) electrons. The summed E-state index contributed by atoms with van der Waals surface area (Å²) in [5.41, 5.74) is 1.72. The number of hydrogen-bond donors (Lipinski definition) is 2. The van der Waals surface area contributed by atoms with Crippen LogP contribution in [0.5, 0.6) is 0 Å². The first-order valence-corrected chi connectivity index (χ1v) is 9.77. The Balaban J connectivity index is 1.25. The molecule has 3 heteroatoms. The Bertz CT molecular complexity index is 547. The second-order valence-corrected chi connectivity index (χ2v) is 8.83. The molecule has 1 aromatic carbocycles. The third-order valence-corrected chi connectivity index (χ3v) is 6.81. The Kier molecular flexibility index (Phi) is 4.38. The van der Waals surface area contributed by atoms with E-state index in [4.69, 9.17) is 0 Å². The maximum Gasteiger partial charge on any atom is 0.275 e. The summed E-state index contributed by atoms with van der Waals surface area (Å²) >= 11 is 0. The minimum absolute atomic E-state index is 0.202. The summed E-state index contributed by atoms with van der Waals surface area (Å²) in [6.45, 7) is 3.62. The van der Waals surface area contributed by atoms with Gasteiger partial charge in [0.1, 0.15) is 6.04 Å². The fraction of sp³-hybridized carbons (Fsp3) is 0.667. The van der Waals surface area contributed by atoms with E-state index in [1.165, 1.54) is 44.1 Å². The fourth-order valence-electron chi connectivity index (χ4n) is 6.04. The lowest BCUT2D eigenvalue weighted by atomic mass is 9.49. The van der Waals surface area contributed by atoms with Crippen LogP contribution >= 0.6 is 0 Å². The summed E-state index contributed by atoms with van der Waals surface area (Å²) in [5.74, 6) is 3.07. The summed E-state index contributed by atoms with van der Waals surface area (Å²) in [5, 5.41) is 5.42. The molecule has 4 saturated carbocycles. The van der Waals surface area contributed by atoms with E-state index in [2.05, 4.69) is 41.8 Å². The molecule has 3 N–H and O–H groups in total. The number of quaternary nitrogens is 1. The zero-order chi connectivity index (χ0) is 16.6. The van der Waals surface area contributed by atoms with E-state index in [0.717, 1.165) is 24.3 Å². The first-order chi connectivity index (χ1) is 11.6. The highest BCUT2D eigenvalue weighted by molar-refractivity contribution is 5.76. The molecule has 0 heterocycles. The van der Waals surface area contributed by atoms with Gasteiger partial charge in [-0.1, -0.05) is 30.3 Å². The Hall–Kier alpha value is -1.35. The molecule has 0 saturated heterocycles. The van der Waals surface area contributed by atoms with Gasteiger partial charge in [0, 0.05) is 12.1 Å². The molecule has 4 bridgehead atoms. The number of hydrogen-bond acceptors (Lipinski definition) is 1. The molecule has 1 atom stereocenters. The molecule has 4 aliphatic carbocycles. The second-order valence-electron chi connectivity index (χ2n) is 8.83. The number of benzene rings is 1. The van der Waals surface area contributed by atoms with Gasteiger partial charge in [0.25, 0.3) is 5.91 Å². The summed E-state index contributed by atoms with van der Waals surface area (Å²) in [7, 11) is 0. The van der Waals surface area contributed by atoms with E-state index in [0.29, 0.717) is 18.0 Å². The molecule has 3 nitrogen and oxygen atoms in total. The van der Waals surface area contributed by atoms with Crippen molar-refractivity contribution in [1.82, 2.24) is 5.32 Å². The fourth-order valence-corrected chi connectivity index (χ4v) is 6.04. The standard InChI is InChI=1S/C21H30N2O/c1-15(19-5-3-2-4-6-19)22-13-20(24)23-14-21-10-16-7-17(11-21)9-18(8-16)12-21/h2-6,15-18,22H,7-14H2,1H3,(H,23,24)/p+1/t15-,16?,17?,18?,21?/m0/s1. The summed E-state index contributed by atoms with van der Waals surface area (Å²) in [6.07, 6.45) is 8.50. The lowest BCUT2D eigenvalue weighted by Gasteiger charge is -2.56. The Morgan fingerprint density at radius 1 is 1.12 bits per heavy atom. The van der Waals surface area contributed by atoms with Crippen LogP contribution < -0.4 is 10.6 Å². The molecule has 0 aromatic heterocycles. The minimum Gasteiger partial charge on any atom is -0.351 e. The van der Waals surface area contributed by atoms with Crippen molar-refractivity contribution in [3.63, 3.8) is 0 Å². The third kappa shape index (κ3) is 3.37.